The number of aryl methyl sites for hydroxylation is 1. The number of hydrogen-bond acceptors (Lipinski definition) is 4. The van der Waals surface area contributed by atoms with E-state index in [-0.39, 0.29) is 6.16 Å². The summed E-state index contributed by atoms with van der Waals surface area (Å²) in [5, 5.41) is 0. The Morgan fingerprint density at radius 3 is 2.50 bits per heavy atom. The molecule has 2 unspecified atom stereocenters. The minimum Gasteiger partial charge on any atom is -0.292 e. The Hall–Kier alpha value is 0.160. The first kappa shape index (κ1) is 12.2. The van der Waals surface area contributed by atoms with Gasteiger partial charge in [0.15, 0.2) is 0 Å². The summed E-state index contributed by atoms with van der Waals surface area (Å²) in [5.41, 5.74) is 1.74. The zero-order valence-electron chi connectivity index (χ0n) is 7.71. The molecular formula is C7H12NO3P3. The summed E-state index contributed by atoms with van der Waals surface area (Å²) in [5.74, 6) is 0. The molecule has 2 atom stereocenters. The van der Waals surface area contributed by atoms with Crippen LogP contribution in [0.2, 0.25) is 0 Å². The minimum atomic E-state index is -3.03. The van der Waals surface area contributed by atoms with E-state index in [1.807, 2.05) is 38.0 Å². The average molecular weight is 251 g/mol. The Morgan fingerprint density at radius 2 is 2.07 bits per heavy atom. The molecule has 78 valence electrons. The fraction of sp³-hybridized carbons (Fsp3) is 0.286. The molecule has 4 nitrogen and oxygen atoms in total. The molecule has 0 spiro atoms. The Bertz CT molecular complexity index is 333. The molecule has 0 aliphatic rings. The highest BCUT2D eigenvalue weighted by Crippen LogP contribution is 2.54. The lowest BCUT2D eigenvalue weighted by atomic mass is 10.3. The molecule has 0 saturated heterocycles. The van der Waals surface area contributed by atoms with E-state index >= 15 is 0 Å². The lowest BCUT2D eigenvalue weighted by Crippen LogP contribution is -1.90. The molecule has 0 fully saturated rings. The van der Waals surface area contributed by atoms with Crippen LogP contribution < -0.4 is 0 Å². The Kier molecular flexibility index (Phi) is 4.63. The maximum Gasteiger partial charge on any atom is 0.340 e. The molecule has 7 heteroatoms. The molecule has 1 heterocycles. The largest absolute Gasteiger partial charge is 0.340 e. The summed E-state index contributed by atoms with van der Waals surface area (Å²) in [7, 11) is 0.871. The van der Waals surface area contributed by atoms with Crippen molar-refractivity contribution in [2.45, 2.75) is 13.1 Å². The molecule has 0 aliphatic heterocycles. The smallest absolute Gasteiger partial charge is 0.292 e. The van der Waals surface area contributed by atoms with Crippen LogP contribution in [0.1, 0.15) is 11.3 Å². The Labute approximate surface area is 87.9 Å². The number of hydrogen-bond donors (Lipinski definition) is 0. The maximum absolute atomic E-state index is 11.7. The van der Waals surface area contributed by atoms with Gasteiger partial charge >= 0.3 is 7.60 Å². The van der Waals surface area contributed by atoms with E-state index in [9.17, 15) is 4.57 Å². The van der Waals surface area contributed by atoms with Crippen molar-refractivity contribution in [1.29, 1.82) is 0 Å². The highest BCUT2D eigenvalue weighted by atomic mass is 31.2. The van der Waals surface area contributed by atoms with E-state index in [1.54, 1.807) is 6.20 Å². The molecule has 1 aromatic rings. The summed E-state index contributed by atoms with van der Waals surface area (Å²) >= 11 is 0. The molecular weight excluding hydrogens is 239 g/mol. The van der Waals surface area contributed by atoms with Gasteiger partial charge in [-0.2, -0.15) is 0 Å². The van der Waals surface area contributed by atoms with E-state index in [4.69, 9.17) is 8.62 Å². The van der Waals surface area contributed by atoms with Gasteiger partial charge < -0.3 is 0 Å². The summed E-state index contributed by atoms with van der Waals surface area (Å²) in [6.07, 6.45) is 1.88. The minimum absolute atomic E-state index is 0.216. The lowest BCUT2D eigenvalue weighted by Gasteiger charge is -2.12. The van der Waals surface area contributed by atoms with Crippen molar-refractivity contribution in [2.24, 2.45) is 0 Å². The van der Waals surface area contributed by atoms with Crippen LogP contribution in [0.25, 0.3) is 0 Å². The fourth-order valence-electron chi connectivity index (χ4n) is 0.915. The van der Waals surface area contributed by atoms with Gasteiger partial charge in [-0.25, -0.2) is 0 Å². The van der Waals surface area contributed by atoms with Gasteiger partial charge in [0.05, 0.1) is 6.16 Å². The molecule has 0 aromatic carbocycles. The van der Waals surface area contributed by atoms with Gasteiger partial charge in [-0.05, 0) is 18.6 Å². The van der Waals surface area contributed by atoms with Gasteiger partial charge in [0.1, 0.15) is 0 Å². The van der Waals surface area contributed by atoms with Crippen LogP contribution >= 0.6 is 26.5 Å². The fourth-order valence-corrected chi connectivity index (χ4v) is 2.79. The first-order valence-corrected chi connectivity index (χ1v) is 6.54. The molecule has 14 heavy (non-hydrogen) atoms. The van der Waals surface area contributed by atoms with Gasteiger partial charge in [-0.1, -0.05) is 6.07 Å². The van der Waals surface area contributed by atoms with Crippen LogP contribution in [0.3, 0.4) is 0 Å². The predicted molar refractivity (Wildman–Crippen MR) is 61.9 cm³/mol. The molecule has 1 rings (SSSR count). The monoisotopic (exact) mass is 251 g/mol. The average Bonchev–Trinajstić information content (AvgIpc) is 2.21. The lowest BCUT2D eigenvalue weighted by molar-refractivity contribution is 0.429. The highest BCUT2D eigenvalue weighted by Gasteiger charge is 2.21. The maximum atomic E-state index is 11.7. The van der Waals surface area contributed by atoms with Crippen molar-refractivity contribution in [3.8, 4) is 0 Å². The van der Waals surface area contributed by atoms with E-state index in [2.05, 4.69) is 4.98 Å². The van der Waals surface area contributed by atoms with Crippen molar-refractivity contribution in [2.75, 3.05) is 0 Å². The second-order valence-corrected chi connectivity index (χ2v) is 6.01. The third-order valence-electron chi connectivity index (χ3n) is 1.67. The third kappa shape index (κ3) is 3.38. The Balaban J connectivity index is 2.78. The first-order chi connectivity index (χ1) is 6.59. The number of rotatable bonds is 4. The van der Waals surface area contributed by atoms with E-state index in [0.29, 0.717) is 0 Å². The molecule has 0 N–H and O–H groups in total. The van der Waals surface area contributed by atoms with E-state index in [1.165, 1.54) is 0 Å². The van der Waals surface area contributed by atoms with Gasteiger partial charge in [0.25, 0.3) is 0 Å². The van der Waals surface area contributed by atoms with Crippen LogP contribution in [-0.2, 0) is 19.3 Å². The highest BCUT2D eigenvalue weighted by molar-refractivity contribution is 7.60. The topological polar surface area (TPSA) is 48.4 Å². The van der Waals surface area contributed by atoms with Gasteiger partial charge in [0, 0.05) is 30.8 Å². The summed E-state index contributed by atoms with van der Waals surface area (Å²) in [6.45, 7) is 1.89. The summed E-state index contributed by atoms with van der Waals surface area (Å²) in [6, 6.07) is 3.70. The summed E-state index contributed by atoms with van der Waals surface area (Å²) < 4.78 is 21.1. The Morgan fingerprint density at radius 1 is 1.43 bits per heavy atom. The molecule has 0 radical (unpaired) electrons. The quantitative estimate of drug-likeness (QED) is 0.772. The number of aromatic nitrogens is 1. The van der Waals surface area contributed by atoms with Gasteiger partial charge in [-0.3, -0.25) is 18.2 Å². The number of nitrogens with zero attached hydrogens (tertiary/aromatic N) is 1. The third-order valence-corrected chi connectivity index (χ3v) is 4.99. The van der Waals surface area contributed by atoms with Crippen LogP contribution in [-0.4, -0.2) is 4.98 Å². The van der Waals surface area contributed by atoms with Crippen molar-refractivity contribution in [1.82, 2.24) is 4.98 Å². The normalized spacial score (nSPS) is 11.6. The predicted octanol–water partition coefficient (Wildman–Crippen LogP) is 2.70. The van der Waals surface area contributed by atoms with E-state index < -0.39 is 7.60 Å². The number of pyridine rings is 1. The molecule has 0 saturated carbocycles. The molecule has 0 aliphatic carbocycles. The second-order valence-electron chi connectivity index (χ2n) is 2.79. The SMILES string of the molecule is Cc1ccc(CP(=O)(OP)OP)cn1. The zero-order chi connectivity index (χ0) is 10.6. The van der Waals surface area contributed by atoms with Crippen LogP contribution in [0, 0.1) is 6.92 Å². The summed E-state index contributed by atoms with van der Waals surface area (Å²) in [4.78, 5) is 4.09. The first-order valence-electron chi connectivity index (χ1n) is 3.87. The second kappa shape index (κ2) is 5.30. The van der Waals surface area contributed by atoms with Crippen LogP contribution in [0.4, 0.5) is 0 Å². The van der Waals surface area contributed by atoms with Crippen molar-refractivity contribution in [3.63, 3.8) is 0 Å². The molecule has 0 amide bonds. The molecule has 0 bridgehead atoms. The zero-order valence-corrected chi connectivity index (χ0v) is 10.9. The van der Waals surface area contributed by atoms with Crippen LogP contribution in [0.5, 0.6) is 0 Å². The van der Waals surface area contributed by atoms with E-state index in [0.717, 1.165) is 11.3 Å². The van der Waals surface area contributed by atoms with Gasteiger partial charge in [-0.15, -0.1) is 0 Å². The van der Waals surface area contributed by atoms with Crippen molar-refractivity contribution < 1.29 is 13.2 Å². The van der Waals surface area contributed by atoms with Gasteiger partial charge in [0.2, 0.25) is 0 Å². The molecule has 1 aromatic heterocycles. The van der Waals surface area contributed by atoms with Crippen molar-refractivity contribution in [3.05, 3.63) is 29.6 Å². The van der Waals surface area contributed by atoms with Crippen LogP contribution in [0.15, 0.2) is 18.3 Å². The standard InChI is InChI=1S/C7H12NO3P3/c1-6-2-3-7(4-8-6)5-14(9,10-12)11-13/h2-4H,5,12-13H2,1H3. The van der Waals surface area contributed by atoms with Crippen molar-refractivity contribution >= 4 is 26.5 Å².